The van der Waals surface area contributed by atoms with Gasteiger partial charge in [0.2, 0.25) is 5.91 Å². The predicted molar refractivity (Wildman–Crippen MR) is 139 cm³/mol. The maximum Gasteiger partial charge on any atom is 0.266 e. The summed E-state index contributed by atoms with van der Waals surface area (Å²) in [4.78, 5) is 31.6. The lowest BCUT2D eigenvalue weighted by atomic mass is 9.88. The van der Waals surface area contributed by atoms with Gasteiger partial charge >= 0.3 is 0 Å². The number of hydrogen-bond acceptors (Lipinski definition) is 5. The van der Waals surface area contributed by atoms with Gasteiger partial charge in [0, 0.05) is 6.07 Å². The second-order valence-corrected chi connectivity index (χ2v) is 9.97. The Morgan fingerprint density at radius 2 is 1.91 bits per heavy atom. The van der Waals surface area contributed by atoms with Gasteiger partial charge in [-0.25, -0.2) is 4.98 Å². The topological polar surface area (TPSA) is 73.2 Å². The number of nitrogens with one attached hydrogen (secondary N) is 1. The molecule has 0 bridgehead atoms. The third-order valence-electron chi connectivity index (χ3n) is 6.39. The molecule has 2 unspecified atom stereocenters. The molecule has 0 saturated heterocycles. The van der Waals surface area contributed by atoms with E-state index in [0.29, 0.717) is 27.5 Å². The number of rotatable bonds is 6. The van der Waals surface area contributed by atoms with Crippen molar-refractivity contribution in [2.24, 2.45) is 0 Å². The Labute approximate surface area is 208 Å². The zero-order chi connectivity index (χ0) is 24.4. The molecule has 178 valence electrons. The highest BCUT2D eigenvalue weighted by molar-refractivity contribution is 8.00. The van der Waals surface area contributed by atoms with E-state index in [1.54, 1.807) is 23.8 Å². The normalized spacial score (nSPS) is 15.9. The Balaban J connectivity index is 1.47. The fourth-order valence-corrected chi connectivity index (χ4v) is 5.51. The number of carbonyl (C=O) groups excluding carboxylic acids is 1. The third kappa shape index (κ3) is 4.68. The summed E-state index contributed by atoms with van der Waals surface area (Å²) in [5.41, 5.74) is 3.56. The highest BCUT2D eigenvalue weighted by Gasteiger charge is 2.25. The Hall–Kier alpha value is -3.58. The van der Waals surface area contributed by atoms with Crippen LogP contribution in [0.2, 0.25) is 0 Å². The highest BCUT2D eigenvalue weighted by atomic mass is 32.2. The van der Waals surface area contributed by atoms with E-state index in [9.17, 15) is 9.59 Å². The van der Waals surface area contributed by atoms with Crippen molar-refractivity contribution in [2.75, 3.05) is 7.11 Å². The average molecular weight is 486 g/mol. The number of carbonyl (C=O) groups is 1. The number of nitrogens with zero attached hydrogens (tertiary/aromatic N) is 2. The molecule has 0 radical (unpaired) electrons. The van der Waals surface area contributed by atoms with Gasteiger partial charge in [0.25, 0.3) is 5.56 Å². The van der Waals surface area contributed by atoms with E-state index in [4.69, 9.17) is 9.72 Å². The zero-order valence-corrected chi connectivity index (χ0v) is 20.5. The lowest BCUT2D eigenvalue weighted by Gasteiger charge is -2.27. The van der Waals surface area contributed by atoms with Gasteiger partial charge in [-0.2, -0.15) is 0 Å². The van der Waals surface area contributed by atoms with Crippen LogP contribution in [-0.4, -0.2) is 27.8 Å². The van der Waals surface area contributed by atoms with E-state index in [2.05, 4.69) is 17.4 Å². The van der Waals surface area contributed by atoms with Gasteiger partial charge in [0.15, 0.2) is 5.16 Å². The van der Waals surface area contributed by atoms with Gasteiger partial charge in [-0.1, -0.05) is 54.2 Å². The minimum atomic E-state index is -0.450. The molecule has 0 fully saturated rings. The smallest absolute Gasteiger partial charge is 0.266 e. The standard InChI is InChI=1S/C28H27N3O3S/c1-18(26(32)29-24-16-7-10-19-9-3-4-13-22(19)24)35-28-30-25-15-6-5-14-23(25)27(33)31(28)20-11-8-12-21(17-20)34-2/h3-6,8-9,11-15,17-18,24H,7,10,16H2,1-2H3,(H,29,32). The van der Waals surface area contributed by atoms with Gasteiger partial charge in [-0.05, 0) is 61.6 Å². The Morgan fingerprint density at radius 3 is 2.77 bits per heavy atom. The molecule has 1 N–H and O–H groups in total. The summed E-state index contributed by atoms with van der Waals surface area (Å²) in [6, 6.07) is 22.9. The molecule has 0 aliphatic heterocycles. The molecule has 1 heterocycles. The largest absolute Gasteiger partial charge is 0.497 e. The molecule has 6 nitrogen and oxygen atoms in total. The predicted octanol–water partition coefficient (Wildman–Crippen LogP) is 5.07. The molecule has 2 atom stereocenters. The second kappa shape index (κ2) is 9.96. The number of methoxy groups -OCH3 is 1. The van der Waals surface area contributed by atoms with E-state index >= 15 is 0 Å². The van der Waals surface area contributed by atoms with Crippen molar-refractivity contribution in [2.45, 2.75) is 42.6 Å². The fourth-order valence-electron chi connectivity index (χ4n) is 4.57. The van der Waals surface area contributed by atoms with Crippen LogP contribution < -0.4 is 15.6 Å². The zero-order valence-electron chi connectivity index (χ0n) is 19.7. The molecular weight excluding hydrogens is 458 g/mol. The molecule has 1 amide bonds. The van der Waals surface area contributed by atoms with Crippen molar-refractivity contribution in [3.8, 4) is 11.4 Å². The van der Waals surface area contributed by atoms with Gasteiger partial charge in [-0.3, -0.25) is 14.2 Å². The summed E-state index contributed by atoms with van der Waals surface area (Å²) in [7, 11) is 1.59. The van der Waals surface area contributed by atoms with Crippen molar-refractivity contribution in [1.29, 1.82) is 0 Å². The Morgan fingerprint density at radius 1 is 1.11 bits per heavy atom. The van der Waals surface area contributed by atoms with Crippen LogP contribution in [-0.2, 0) is 11.2 Å². The van der Waals surface area contributed by atoms with Crippen LogP contribution in [0.4, 0.5) is 0 Å². The summed E-state index contributed by atoms with van der Waals surface area (Å²) < 4.78 is 6.93. The molecule has 1 aliphatic rings. The lowest BCUT2D eigenvalue weighted by Crippen LogP contribution is -2.36. The molecule has 5 rings (SSSR count). The molecule has 4 aromatic rings. The number of benzene rings is 3. The lowest BCUT2D eigenvalue weighted by molar-refractivity contribution is -0.121. The summed E-state index contributed by atoms with van der Waals surface area (Å²) in [5.74, 6) is 0.566. The first kappa shape index (κ1) is 23.2. The van der Waals surface area contributed by atoms with Crippen molar-refractivity contribution >= 4 is 28.6 Å². The van der Waals surface area contributed by atoms with Gasteiger partial charge in [0.1, 0.15) is 5.75 Å². The van der Waals surface area contributed by atoms with E-state index in [1.807, 2.05) is 55.5 Å². The molecular formula is C28H27N3O3S. The quantitative estimate of drug-likeness (QED) is 0.305. The summed E-state index contributed by atoms with van der Waals surface area (Å²) in [6.07, 6.45) is 3.01. The summed E-state index contributed by atoms with van der Waals surface area (Å²) in [6.45, 7) is 1.85. The number of aromatic nitrogens is 2. The number of aryl methyl sites for hydroxylation is 1. The SMILES string of the molecule is COc1cccc(-n2c(SC(C)C(=O)NC3CCCc4ccccc43)nc3ccccc3c2=O)c1. The molecule has 7 heteroatoms. The molecule has 3 aromatic carbocycles. The maximum atomic E-state index is 13.5. The van der Waals surface area contributed by atoms with E-state index < -0.39 is 5.25 Å². The fraction of sp³-hybridized carbons (Fsp3) is 0.250. The first-order chi connectivity index (χ1) is 17.0. The molecule has 0 saturated carbocycles. The van der Waals surface area contributed by atoms with Crippen molar-refractivity contribution in [1.82, 2.24) is 14.9 Å². The number of para-hydroxylation sites is 1. The van der Waals surface area contributed by atoms with E-state index in [1.165, 1.54) is 22.9 Å². The van der Waals surface area contributed by atoms with Crippen LogP contribution in [0.25, 0.3) is 16.6 Å². The maximum absolute atomic E-state index is 13.5. The Kier molecular flexibility index (Phi) is 6.59. The highest BCUT2D eigenvalue weighted by Crippen LogP contribution is 2.31. The van der Waals surface area contributed by atoms with E-state index in [0.717, 1.165) is 19.3 Å². The van der Waals surface area contributed by atoms with Crippen LogP contribution in [0.15, 0.2) is 82.7 Å². The van der Waals surface area contributed by atoms with Gasteiger partial charge in [-0.15, -0.1) is 0 Å². The molecule has 0 spiro atoms. The third-order valence-corrected chi connectivity index (χ3v) is 7.45. The van der Waals surface area contributed by atoms with Crippen LogP contribution in [0, 0.1) is 0 Å². The van der Waals surface area contributed by atoms with Crippen molar-refractivity contribution in [3.63, 3.8) is 0 Å². The van der Waals surface area contributed by atoms with Crippen LogP contribution in [0.3, 0.4) is 0 Å². The van der Waals surface area contributed by atoms with Crippen LogP contribution in [0.5, 0.6) is 5.75 Å². The van der Waals surface area contributed by atoms with Crippen molar-refractivity contribution < 1.29 is 9.53 Å². The minimum absolute atomic E-state index is 0.000593. The summed E-state index contributed by atoms with van der Waals surface area (Å²) in [5, 5.41) is 3.77. The summed E-state index contributed by atoms with van der Waals surface area (Å²) >= 11 is 1.28. The number of amides is 1. The number of hydrogen-bond donors (Lipinski definition) is 1. The van der Waals surface area contributed by atoms with Crippen LogP contribution >= 0.6 is 11.8 Å². The van der Waals surface area contributed by atoms with Gasteiger partial charge < -0.3 is 10.1 Å². The number of fused-ring (bicyclic) bond motifs is 2. The monoisotopic (exact) mass is 485 g/mol. The first-order valence-electron chi connectivity index (χ1n) is 11.8. The Bertz CT molecular complexity index is 1450. The number of thioether (sulfide) groups is 1. The van der Waals surface area contributed by atoms with Crippen molar-refractivity contribution in [3.05, 3.63) is 94.3 Å². The number of ether oxygens (including phenoxy) is 1. The average Bonchev–Trinajstić information content (AvgIpc) is 2.89. The molecule has 1 aromatic heterocycles. The first-order valence-corrected chi connectivity index (χ1v) is 12.6. The molecule has 35 heavy (non-hydrogen) atoms. The molecule has 1 aliphatic carbocycles. The minimum Gasteiger partial charge on any atom is -0.497 e. The van der Waals surface area contributed by atoms with Gasteiger partial charge in [0.05, 0.1) is 35.0 Å². The van der Waals surface area contributed by atoms with E-state index in [-0.39, 0.29) is 17.5 Å². The second-order valence-electron chi connectivity index (χ2n) is 8.67. The van der Waals surface area contributed by atoms with Crippen LogP contribution in [0.1, 0.15) is 36.9 Å².